The van der Waals surface area contributed by atoms with E-state index < -0.39 is 0 Å². The molecule has 1 N–H and O–H groups in total. The summed E-state index contributed by atoms with van der Waals surface area (Å²) in [6.07, 6.45) is 3.10. The van der Waals surface area contributed by atoms with Gasteiger partial charge in [0.15, 0.2) is 11.5 Å². The molecule has 0 aromatic heterocycles. The molecule has 1 amide bonds. The first-order valence-electron chi connectivity index (χ1n) is 8.09. The molecule has 0 spiro atoms. The van der Waals surface area contributed by atoms with Crippen molar-refractivity contribution in [3.63, 3.8) is 0 Å². The largest absolute Gasteiger partial charge is 0.490 e. The lowest BCUT2D eigenvalue weighted by Crippen LogP contribution is -2.35. The number of nitrogens with one attached hydrogen (secondary N) is 1. The SMILES string of the molecule is CC(=O)NC1CCN(Cc2ccc3c(c2)OCCCCO3)C1. The Morgan fingerprint density at radius 1 is 1.27 bits per heavy atom. The van der Waals surface area contributed by atoms with Crippen molar-refractivity contribution >= 4 is 5.91 Å². The first-order valence-corrected chi connectivity index (χ1v) is 8.09. The molecule has 1 aromatic rings. The molecule has 1 fully saturated rings. The zero-order chi connectivity index (χ0) is 15.4. The number of fused-ring (bicyclic) bond motifs is 1. The van der Waals surface area contributed by atoms with Crippen molar-refractivity contribution in [2.75, 3.05) is 26.3 Å². The summed E-state index contributed by atoms with van der Waals surface area (Å²) < 4.78 is 11.5. The van der Waals surface area contributed by atoms with E-state index in [0.717, 1.165) is 63.6 Å². The molecular formula is C17H24N2O3. The van der Waals surface area contributed by atoms with Crippen LogP contribution in [-0.4, -0.2) is 43.2 Å². The van der Waals surface area contributed by atoms with E-state index in [1.807, 2.05) is 6.07 Å². The van der Waals surface area contributed by atoms with Crippen LogP contribution in [0, 0.1) is 0 Å². The van der Waals surface area contributed by atoms with Crippen molar-refractivity contribution in [1.82, 2.24) is 10.2 Å². The highest BCUT2D eigenvalue weighted by Gasteiger charge is 2.23. The maximum atomic E-state index is 11.1. The minimum absolute atomic E-state index is 0.0542. The van der Waals surface area contributed by atoms with E-state index in [1.54, 1.807) is 6.92 Å². The van der Waals surface area contributed by atoms with Crippen LogP contribution < -0.4 is 14.8 Å². The molecular weight excluding hydrogens is 280 g/mol. The first kappa shape index (κ1) is 15.2. The van der Waals surface area contributed by atoms with Gasteiger partial charge in [-0.1, -0.05) is 6.07 Å². The van der Waals surface area contributed by atoms with Crippen molar-refractivity contribution in [3.05, 3.63) is 23.8 Å². The summed E-state index contributed by atoms with van der Waals surface area (Å²) in [5.74, 6) is 1.76. The zero-order valence-corrected chi connectivity index (χ0v) is 13.1. The Kier molecular flexibility index (Phi) is 4.83. The van der Waals surface area contributed by atoms with Crippen LogP contribution in [0.3, 0.4) is 0 Å². The number of hydrogen-bond acceptors (Lipinski definition) is 4. The van der Waals surface area contributed by atoms with Gasteiger partial charge in [-0.25, -0.2) is 0 Å². The van der Waals surface area contributed by atoms with E-state index in [4.69, 9.17) is 9.47 Å². The van der Waals surface area contributed by atoms with Gasteiger partial charge in [0.1, 0.15) is 0 Å². The molecule has 120 valence electrons. The van der Waals surface area contributed by atoms with Gasteiger partial charge in [0.25, 0.3) is 0 Å². The van der Waals surface area contributed by atoms with Crippen molar-refractivity contribution in [1.29, 1.82) is 0 Å². The van der Waals surface area contributed by atoms with Crippen LogP contribution in [0.15, 0.2) is 18.2 Å². The maximum absolute atomic E-state index is 11.1. The van der Waals surface area contributed by atoms with Crippen LogP contribution >= 0.6 is 0 Å². The molecule has 0 saturated carbocycles. The summed E-state index contributed by atoms with van der Waals surface area (Å²) in [5.41, 5.74) is 1.23. The van der Waals surface area contributed by atoms with Crippen LogP contribution in [0.1, 0.15) is 31.7 Å². The van der Waals surface area contributed by atoms with Gasteiger partial charge >= 0.3 is 0 Å². The quantitative estimate of drug-likeness (QED) is 0.927. The van der Waals surface area contributed by atoms with Gasteiger partial charge in [0.05, 0.1) is 13.2 Å². The molecule has 2 aliphatic heterocycles. The van der Waals surface area contributed by atoms with Gasteiger partial charge in [0, 0.05) is 32.6 Å². The van der Waals surface area contributed by atoms with Crippen molar-refractivity contribution in [3.8, 4) is 11.5 Å². The monoisotopic (exact) mass is 304 g/mol. The molecule has 1 atom stereocenters. The van der Waals surface area contributed by atoms with Gasteiger partial charge in [-0.3, -0.25) is 9.69 Å². The number of ether oxygens (including phenoxy) is 2. The molecule has 5 heteroatoms. The fourth-order valence-corrected chi connectivity index (χ4v) is 3.09. The molecule has 0 bridgehead atoms. The Morgan fingerprint density at radius 3 is 2.82 bits per heavy atom. The van der Waals surface area contributed by atoms with Gasteiger partial charge in [-0.15, -0.1) is 0 Å². The average molecular weight is 304 g/mol. The Hall–Kier alpha value is -1.75. The van der Waals surface area contributed by atoms with Gasteiger partial charge in [-0.2, -0.15) is 0 Å². The molecule has 2 aliphatic rings. The van der Waals surface area contributed by atoms with Crippen LogP contribution in [0.2, 0.25) is 0 Å². The second-order valence-electron chi connectivity index (χ2n) is 6.11. The lowest BCUT2D eigenvalue weighted by molar-refractivity contribution is -0.119. The number of likely N-dealkylation sites (tertiary alicyclic amines) is 1. The van der Waals surface area contributed by atoms with E-state index in [9.17, 15) is 4.79 Å². The summed E-state index contributed by atoms with van der Waals surface area (Å²) in [6, 6.07) is 6.49. The fourth-order valence-electron chi connectivity index (χ4n) is 3.09. The highest BCUT2D eigenvalue weighted by atomic mass is 16.5. The Morgan fingerprint density at radius 2 is 2.05 bits per heavy atom. The lowest BCUT2D eigenvalue weighted by atomic mass is 10.2. The van der Waals surface area contributed by atoms with Crippen LogP contribution in [0.25, 0.3) is 0 Å². The highest BCUT2D eigenvalue weighted by molar-refractivity contribution is 5.73. The minimum Gasteiger partial charge on any atom is -0.490 e. The maximum Gasteiger partial charge on any atom is 0.217 e. The van der Waals surface area contributed by atoms with Gasteiger partial charge in [0.2, 0.25) is 5.91 Å². The van der Waals surface area contributed by atoms with E-state index in [0.29, 0.717) is 0 Å². The normalized spacial score (nSPS) is 22.0. The Bertz CT molecular complexity index is 533. The molecule has 5 nitrogen and oxygen atoms in total. The third-order valence-corrected chi connectivity index (χ3v) is 4.15. The molecule has 0 aliphatic carbocycles. The molecule has 1 saturated heterocycles. The van der Waals surface area contributed by atoms with Crippen molar-refractivity contribution in [2.45, 2.75) is 38.8 Å². The second-order valence-corrected chi connectivity index (χ2v) is 6.11. The predicted octanol–water partition coefficient (Wildman–Crippen LogP) is 1.95. The summed E-state index contributed by atoms with van der Waals surface area (Å²) in [5, 5.41) is 3.00. The van der Waals surface area contributed by atoms with E-state index in [2.05, 4.69) is 22.3 Å². The molecule has 0 radical (unpaired) electrons. The number of carbonyl (C=O) groups excluding carboxylic acids is 1. The number of benzene rings is 1. The standard InChI is InChI=1S/C17H24N2O3/c1-13(20)18-15-6-7-19(12-15)11-14-4-5-16-17(10-14)22-9-3-2-8-21-16/h4-5,10,15H,2-3,6-9,11-12H2,1H3,(H,18,20). The summed E-state index contributed by atoms with van der Waals surface area (Å²) in [7, 11) is 0. The fraction of sp³-hybridized carbons (Fsp3) is 0.588. The summed E-state index contributed by atoms with van der Waals surface area (Å²) in [4.78, 5) is 13.5. The first-order chi connectivity index (χ1) is 10.7. The van der Waals surface area contributed by atoms with Crippen molar-refractivity contribution in [2.24, 2.45) is 0 Å². The topological polar surface area (TPSA) is 50.8 Å². The predicted molar refractivity (Wildman–Crippen MR) is 84.2 cm³/mol. The molecule has 1 aromatic carbocycles. The molecule has 1 unspecified atom stereocenters. The molecule has 22 heavy (non-hydrogen) atoms. The Labute approximate surface area is 131 Å². The highest BCUT2D eigenvalue weighted by Crippen LogP contribution is 2.30. The minimum atomic E-state index is 0.0542. The number of rotatable bonds is 3. The van der Waals surface area contributed by atoms with Crippen LogP contribution in [0.5, 0.6) is 11.5 Å². The van der Waals surface area contributed by atoms with Crippen LogP contribution in [-0.2, 0) is 11.3 Å². The number of hydrogen-bond donors (Lipinski definition) is 1. The van der Waals surface area contributed by atoms with Gasteiger partial charge < -0.3 is 14.8 Å². The number of amides is 1. The molecule has 3 rings (SSSR count). The number of carbonyl (C=O) groups is 1. The summed E-state index contributed by atoms with van der Waals surface area (Å²) >= 11 is 0. The van der Waals surface area contributed by atoms with Crippen LogP contribution in [0.4, 0.5) is 0 Å². The second kappa shape index (κ2) is 7.01. The van der Waals surface area contributed by atoms with E-state index in [1.165, 1.54) is 5.56 Å². The summed E-state index contributed by atoms with van der Waals surface area (Å²) in [6.45, 7) is 5.91. The van der Waals surface area contributed by atoms with E-state index in [-0.39, 0.29) is 11.9 Å². The third-order valence-electron chi connectivity index (χ3n) is 4.15. The van der Waals surface area contributed by atoms with Gasteiger partial charge in [-0.05, 0) is 37.0 Å². The average Bonchev–Trinajstić information content (AvgIpc) is 2.87. The third kappa shape index (κ3) is 3.91. The molecule has 2 heterocycles. The van der Waals surface area contributed by atoms with E-state index >= 15 is 0 Å². The lowest BCUT2D eigenvalue weighted by Gasteiger charge is -2.19. The Balaban J connectivity index is 1.61. The zero-order valence-electron chi connectivity index (χ0n) is 13.1. The number of nitrogens with zero attached hydrogens (tertiary/aromatic N) is 1. The smallest absolute Gasteiger partial charge is 0.217 e. The van der Waals surface area contributed by atoms with Crippen molar-refractivity contribution < 1.29 is 14.3 Å².